The van der Waals surface area contributed by atoms with Gasteiger partial charge in [0.05, 0.1) is 5.69 Å². The van der Waals surface area contributed by atoms with Gasteiger partial charge in [0.1, 0.15) is 17.9 Å². The van der Waals surface area contributed by atoms with Crippen molar-refractivity contribution >= 4 is 52.8 Å². The zero-order chi connectivity index (χ0) is 24.4. The first-order chi connectivity index (χ1) is 16.2. The van der Waals surface area contributed by atoms with Crippen LogP contribution in [-0.4, -0.2) is 17.8 Å². The third kappa shape index (κ3) is 5.14. The van der Waals surface area contributed by atoms with Gasteiger partial charge in [0, 0.05) is 15.6 Å². The Hall–Kier alpha value is -3.61. The van der Waals surface area contributed by atoms with Crippen LogP contribution in [0.5, 0.6) is 5.75 Å². The summed E-state index contributed by atoms with van der Waals surface area (Å²) in [6.45, 7) is 3.99. The molecular weight excluding hydrogens is 475 g/mol. The minimum absolute atomic E-state index is 0.139. The molecule has 34 heavy (non-hydrogen) atoms. The lowest BCUT2D eigenvalue weighted by molar-refractivity contribution is -0.122. The number of nitrogens with zero attached hydrogens (tertiary/aromatic N) is 1. The molecule has 0 saturated carbocycles. The minimum atomic E-state index is -0.776. The summed E-state index contributed by atoms with van der Waals surface area (Å²) in [7, 11) is 0. The molecule has 1 heterocycles. The summed E-state index contributed by atoms with van der Waals surface area (Å²) >= 11 is 12.1. The summed E-state index contributed by atoms with van der Waals surface area (Å²) in [5.41, 5.74) is 3.45. The number of rotatable bonds is 5. The predicted octanol–water partition coefficient (Wildman–Crippen LogP) is 5.86. The van der Waals surface area contributed by atoms with E-state index in [0.717, 1.165) is 21.6 Å². The largest absolute Gasteiger partial charge is 0.489 e. The second kappa shape index (κ2) is 9.71. The van der Waals surface area contributed by atoms with Gasteiger partial charge in [-0.3, -0.25) is 14.9 Å². The number of urea groups is 1. The molecule has 0 unspecified atom stereocenters. The molecule has 0 atom stereocenters. The van der Waals surface area contributed by atoms with Crippen LogP contribution in [0, 0.1) is 13.8 Å². The van der Waals surface area contributed by atoms with E-state index < -0.39 is 17.8 Å². The number of carbonyl (C=O) groups is 3. The quantitative estimate of drug-likeness (QED) is 0.356. The normalized spacial score (nSPS) is 15.0. The summed E-state index contributed by atoms with van der Waals surface area (Å²) < 4.78 is 5.76. The van der Waals surface area contributed by atoms with E-state index in [1.807, 2.05) is 19.9 Å². The third-order valence-corrected chi connectivity index (χ3v) is 5.75. The van der Waals surface area contributed by atoms with Crippen molar-refractivity contribution < 1.29 is 19.1 Å². The molecule has 1 saturated heterocycles. The van der Waals surface area contributed by atoms with Crippen molar-refractivity contribution in [3.8, 4) is 5.75 Å². The van der Waals surface area contributed by atoms with Crippen molar-refractivity contribution in [1.82, 2.24) is 5.32 Å². The number of anilines is 1. The molecule has 1 N–H and O–H groups in total. The van der Waals surface area contributed by atoms with Gasteiger partial charge in [0.25, 0.3) is 11.8 Å². The molecule has 0 aromatic heterocycles. The van der Waals surface area contributed by atoms with Gasteiger partial charge in [-0.05, 0) is 73.0 Å². The fourth-order valence-electron chi connectivity index (χ4n) is 3.60. The van der Waals surface area contributed by atoms with Crippen LogP contribution in [0.25, 0.3) is 6.08 Å². The highest BCUT2D eigenvalue weighted by Crippen LogP contribution is 2.26. The van der Waals surface area contributed by atoms with Crippen molar-refractivity contribution in [3.05, 3.63) is 98.5 Å². The number of halogens is 2. The number of imide groups is 2. The van der Waals surface area contributed by atoms with Gasteiger partial charge in [-0.2, -0.15) is 0 Å². The van der Waals surface area contributed by atoms with Crippen molar-refractivity contribution in [2.24, 2.45) is 0 Å². The Kier molecular flexibility index (Phi) is 6.72. The smallest absolute Gasteiger partial charge is 0.335 e. The molecule has 0 aliphatic carbocycles. The zero-order valence-corrected chi connectivity index (χ0v) is 19.9. The molecule has 172 valence electrons. The summed E-state index contributed by atoms with van der Waals surface area (Å²) in [5, 5.41) is 3.30. The average molecular weight is 495 g/mol. The monoisotopic (exact) mass is 494 g/mol. The molecule has 3 aromatic carbocycles. The third-order valence-electron chi connectivity index (χ3n) is 5.17. The summed E-state index contributed by atoms with van der Waals surface area (Å²) in [6.07, 6.45) is 1.44. The predicted molar refractivity (Wildman–Crippen MR) is 132 cm³/mol. The number of nitrogens with one attached hydrogen (secondary N) is 1. The van der Waals surface area contributed by atoms with Crippen LogP contribution in [-0.2, 0) is 16.2 Å². The first kappa shape index (κ1) is 23.5. The summed E-state index contributed by atoms with van der Waals surface area (Å²) in [5.74, 6) is -0.843. The maximum Gasteiger partial charge on any atom is 0.335 e. The standard InChI is InChI=1S/C26H20Cl2N2O4/c1-15-9-16(2)11-20(10-15)30-25(32)22(24(31)29-26(30)33)12-17-3-7-21(8-4-17)34-14-18-5-6-19(27)13-23(18)28/h3-13H,14H2,1-2H3,(H,29,31,33)/b22-12+. The Morgan fingerprint density at radius 1 is 0.912 bits per heavy atom. The minimum Gasteiger partial charge on any atom is -0.489 e. The van der Waals surface area contributed by atoms with Crippen LogP contribution in [0.3, 0.4) is 0 Å². The molecule has 6 nitrogen and oxygen atoms in total. The highest BCUT2D eigenvalue weighted by atomic mass is 35.5. The average Bonchev–Trinajstić information content (AvgIpc) is 2.76. The molecule has 4 rings (SSSR count). The van der Waals surface area contributed by atoms with Crippen molar-refractivity contribution in [3.63, 3.8) is 0 Å². The molecule has 3 aromatic rings. The number of ether oxygens (including phenoxy) is 1. The van der Waals surface area contributed by atoms with Crippen LogP contribution in [0.15, 0.2) is 66.2 Å². The Labute approximate surface area is 206 Å². The SMILES string of the molecule is Cc1cc(C)cc(N2C(=O)NC(=O)/C(=C\c3ccc(OCc4ccc(Cl)cc4Cl)cc3)C2=O)c1. The lowest BCUT2D eigenvalue weighted by Crippen LogP contribution is -2.54. The fourth-order valence-corrected chi connectivity index (χ4v) is 4.06. The molecule has 0 bridgehead atoms. The number of hydrogen-bond donors (Lipinski definition) is 1. The van der Waals surface area contributed by atoms with Gasteiger partial charge >= 0.3 is 6.03 Å². The molecule has 4 amide bonds. The van der Waals surface area contributed by atoms with Gasteiger partial charge in [-0.15, -0.1) is 0 Å². The number of hydrogen-bond acceptors (Lipinski definition) is 4. The van der Waals surface area contributed by atoms with E-state index >= 15 is 0 Å². The van der Waals surface area contributed by atoms with Crippen molar-refractivity contribution in [2.75, 3.05) is 4.90 Å². The second-order valence-electron chi connectivity index (χ2n) is 7.90. The molecule has 1 aliphatic heterocycles. The van der Waals surface area contributed by atoms with E-state index in [1.165, 1.54) is 6.08 Å². The maximum absolute atomic E-state index is 13.1. The zero-order valence-electron chi connectivity index (χ0n) is 18.4. The molecule has 8 heteroatoms. The van der Waals surface area contributed by atoms with Crippen LogP contribution >= 0.6 is 23.2 Å². The Morgan fingerprint density at radius 3 is 2.24 bits per heavy atom. The Bertz CT molecular complexity index is 1310. The van der Waals surface area contributed by atoms with E-state index in [2.05, 4.69) is 5.32 Å². The Balaban J connectivity index is 1.53. The van der Waals surface area contributed by atoms with Gasteiger partial charge in [0.15, 0.2) is 0 Å². The molecule has 1 fully saturated rings. The van der Waals surface area contributed by atoms with E-state index in [-0.39, 0.29) is 12.2 Å². The van der Waals surface area contributed by atoms with Crippen LogP contribution in [0.2, 0.25) is 10.0 Å². The first-order valence-corrected chi connectivity index (χ1v) is 11.1. The lowest BCUT2D eigenvalue weighted by atomic mass is 10.1. The van der Waals surface area contributed by atoms with Crippen LogP contribution in [0.4, 0.5) is 10.5 Å². The Morgan fingerprint density at radius 2 is 1.59 bits per heavy atom. The van der Waals surface area contributed by atoms with Crippen LogP contribution in [0.1, 0.15) is 22.3 Å². The topological polar surface area (TPSA) is 75.7 Å². The lowest BCUT2D eigenvalue weighted by Gasteiger charge is -2.27. The van der Waals surface area contributed by atoms with E-state index in [0.29, 0.717) is 27.0 Å². The second-order valence-corrected chi connectivity index (χ2v) is 8.74. The number of benzene rings is 3. The van der Waals surface area contributed by atoms with E-state index in [1.54, 1.807) is 54.6 Å². The maximum atomic E-state index is 13.1. The fraction of sp³-hybridized carbons (Fsp3) is 0.115. The van der Waals surface area contributed by atoms with Crippen LogP contribution < -0.4 is 15.0 Å². The number of carbonyl (C=O) groups excluding carboxylic acids is 3. The van der Waals surface area contributed by atoms with Gasteiger partial charge in [-0.1, -0.05) is 47.5 Å². The molecule has 0 radical (unpaired) electrons. The number of aryl methyl sites for hydroxylation is 2. The molecule has 0 spiro atoms. The van der Waals surface area contributed by atoms with Gasteiger partial charge < -0.3 is 4.74 Å². The highest BCUT2D eigenvalue weighted by molar-refractivity contribution is 6.39. The summed E-state index contributed by atoms with van der Waals surface area (Å²) in [6, 6.07) is 16.6. The molecular formula is C26H20Cl2N2O4. The van der Waals surface area contributed by atoms with E-state index in [9.17, 15) is 14.4 Å². The van der Waals surface area contributed by atoms with Crippen molar-refractivity contribution in [1.29, 1.82) is 0 Å². The first-order valence-electron chi connectivity index (χ1n) is 10.4. The van der Waals surface area contributed by atoms with Crippen molar-refractivity contribution in [2.45, 2.75) is 20.5 Å². The van der Waals surface area contributed by atoms with Gasteiger partial charge in [0.2, 0.25) is 0 Å². The summed E-state index contributed by atoms with van der Waals surface area (Å²) in [4.78, 5) is 38.9. The van der Waals surface area contributed by atoms with Gasteiger partial charge in [-0.25, -0.2) is 9.69 Å². The highest BCUT2D eigenvalue weighted by Gasteiger charge is 2.36. The number of amides is 4. The molecule has 1 aliphatic rings. The van der Waals surface area contributed by atoms with E-state index in [4.69, 9.17) is 27.9 Å². The number of barbiturate groups is 1.